The van der Waals surface area contributed by atoms with Gasteiger partial charge < -0.3 is 9.73 Å². The zero-order valence-corrected chi connectivity index (χ0v) is 12.2. The Morgan fingerprint density at radius 3 is 2.67 bits per heavy atom. The maximum absolute atomic E-state index is 12.2. The molecule has 1 heterocycles. The van der Waals surface area contributed by atoms with E-state index in [9.17, 15) is 8.42 Å². The molecule has 6 heteroatoms. The predicted molar refractivity (Wildman–Crippen MR) is 70.9 cm³/mol. The topological polar surface area (TPSA) is 71.3 Å². The lowest BCUT2D eigenvalue weighted by atomic mass is 10.2. The van der Waals surface area contributed by atoms with Crippen molar-refractivity contribution in [2.45, 2.75) is 51.1 Å². The predicted octanol–water partition coefficient (Wildman–Crippen LogP) is 1.77. The molecule has 5 nitrogen and oxygen atoms in total. The Balaban J connectivity index is 2.90. The number of furan rings is 1. The van der Waals surface area contributed by atoms with E-state index in [-0.39, 0.29) is 10.9 Å². The Hall–Kier alpha value is -0.850. The third-order valence-electron chi connectivity index (χ3n) is 2.64. The second kappa shape index (κ2) is 6.36. The molecule has 0 aromatic carbocycles. The maximum atomic E-state index is 12.2. The molecule has 0 saturated carbocycles. The molecule has 0 aliphatic carbocycles. The van der Waals surface area contributed by atoms with Gasteiger partial charge >= 0.3 is 0 Å². The summed E-state index contributed by atoms with van der Waals surface area (Å²) in [6.45, 7) is 6.07. The lowest BCUT2D eigenvalue weighted by Gasteiger charge is -2.12. The van der Waals surface area contributed by atoms with Crippen LogP contribution in [0.3, 0.4) is 0 Å². The monoisotopic (exact) mass is 274 g/mol. The third-order valence-corrected chi connectivity index (χ3v) is 4.34. The minimum absolute atomic E-state index is 0.0675. The summed E-state index contributed by atoms with van der Waals surface area (Å²) in [6, 6.07) is 1.51. The van der Waals surface area contributed by atoms with E-state index in [1.165, 1.54) is 0 Å². The summed E-state index contributed by atoms with van der Waals surface area (Å²) in [7, 11) is -1.70. The lowest BCUT2D eigenvalue weighted by Crippen LogP contribution is -2.32. The standard InChI is InChI=1S/C12H22N2O3S/c1-5-6-9(2)14-18(15,16)12-7-11(8-13-4)17-10(12)3/h7,9,13-14H,5-6,8H2,1-4H3. The van der Waals surface area contributed by atoms with Crippen molar-refractivity contribution >= 4 is 10.0 Å². The summed E-state index contributed by atoms with van der Waals surface area (Å²) in [6.07, 6.45) is 1.76. The van der Waals surface area contributed by atoms with Gasteiger partial charge in [-0.05, 0) is 27.3 Å². The van der Waals surface area contributed by atoms with Crippen molar-refractivity contribution in [3.05, 3.63) is 17.6 Å². The molecule has 1 aromatic heterocycles. The summed E-state index contributed by atoms with van der Waals surface area (Å²) < 4.78 is 32.4. The van der Waals surface area contributed by atoms with Gasteiger partial charge in [-0.25, -0.2) is 13.1 Å². The number of hydrogen-bond donors (Lipinski definition) is 2. The molecule has 1 rings (SSSR count). The summed E-state index contributed by atoms with van der Waals surface area (Å²) in [4.78, 5) is 0.232. The molecule has 0 fully saturated rings. The smallest absolute Gasteiger partial charge is 0.244 e. The fourth-order valence-electron chi connectivity index (χ4n) is 1.87. The molecule has 0 aliphatic rings. The van der Waals surface area contributed by atoms with Gasteiger partial charge in [-0.15, -0.1) is 0 Å². The summed E-state index contributed by atoms with van der Waals surface area (Å²) in [5, 5.41) is 2.93. The first-order valence-electron chi connectivity index (χ1n) is 6.17. The van der Waals surface area contributed by atoms with Crippen molar-refractivity contribution in [2.75, 3.05) is 7.05 Å². The molecular weight excluding hydrogens is 252 g/mol. The summed E-state index contributed by atoms with van der Waals surface area (Å²) >= 11 is 0. The van der Waals surface area contributed by atoms with E-state index in [1.54, 1.807) is 20.0 Å². The Morgan fingerprint density at radius 2 is 2.11 bits per heavy atom. The first-order chi connectivity index (χ1) is 8.40. The van der Waals surface area contributed by atoms with Crippen molar-refractivity contribution < 1.29 is 12.8 Å². The second-order valence-corrected chi connectivity index (χ2v) is 6.16. The zero-order chi connectivity index (χ0) is 13.8. The van der Waals surface area contributed by atoms with E-state index in [2.05, 4.69) is 10.0 Å². The lowest BCUT2D eigenvalue weighted by molar-refractivity contribution is 0.465. The van der Waals surface area contributed by atoms with Gasteiger partial charge in [0.2, 0.25) is 10.0 Å². The Bertz CT molecular complexity index is 480. The molecule has 0 radical (unpaired) electrons. The molecule has 0 bridgehead atoms. The molecule has 18 heavy (non-hydrogen) atoms. The van der Waals surface area contributed by atoms with Gasteiger partial charge in [-0.3, -0.25) is 0 Å². The number of rotatable bonds is 7. The Kier molecular flexibility index (Phi) is 5.37. The van der Waals surface area contributed by atoms with Gasteiger partial charge in [0.1, 0.15) is 16.4 Å². The molecule has 0 spiro atoms. The molecule has 2 N–H and O–H groups in total. The number of nitrogens with one attached hydrogen (secondary N) is 2. The first kappa shape index (κ1) is 15.2. The quantitative estimate of drug-likeness (QED) is 0.795. The fourth-order valence-corrected chi connectivity index (χ4v) is 3.35. The van der Waals surface area contributed by atoms with Gasteiger partial charge in [-0.2, -0.15) is 0 Å². The van der Waals surface area contributed by atoms with Gasteiger partial charge in [-0.1, -0.05) is 13.3 Å². The van der Waals surface area contributed by atoms with Crippen LogP contribution in [-0.4, -0.2) is 21.5 Å². The van der Waals surface area contributed by atoms with E-state index in [0.29, 0.717) is 18.1 Å². The van der Waals surface area contributed by atoms with E-state index >= 15 is 0 Å². The number of sulfonamides is 1. The number of hydrogen-bond acceptors (Lipinski definition) is 4. The highest BCUT2D eigenvalue weighted by Gasteiger charge is 2.22. The van der Waals surface area contributed by atoms with Gasteiger partial charge in [0, 0.05) is 12.1 Å². The minimum atomic E-state index is -3.48. The van der Waals surface area contributed by atoms with Crippen LogP contribution in [-0.2, 0) is 16.6 Å². The van der Waals surface area contributed by atoms with Crippen LogP contribution in [0.4, 0.5) is 0 Å². The van der Waals surface area contributed by atoms with Crippen LogP contribution in [0, 0.1) is 6.92 Å². The molecule has 0 saturated heterocycles. The van der Waals surface area contributed by atoms with Gasteiger partial charge in [0.25, 0.3) is 0 Å². The van der Waals surface area contributed by atoms with Crippen molar-refractivity contribution in [3.63, 3.8) is 0 Å². The van der Waals surface area contributed by atoms with Crippen LogP contribution in [0.2, 0.25) is 0 Å². The highest BCUT2D eigenvalue weighted by Crippen LogP contribution is 2.20. The minimum Gasteiger partial charge on any atom is -0.464 e. The second-order valence-electron chi connectivity index (χ2n) is 4.47. The highest BCUT2D eigenvalue weighted by molar-refractivity contribution is 7.89. The molecule has 0 amide bonds. The Morgan fingerprint density at radius 1 is 1.44 bits per heavy atom. The van der Waals surface area contributed by atoms with Crippen LogP contribution >= 0.6 is 0 Å². The van der Waals surface area contributed by atoms with Crippen molar-refractivity contribution in [2.24, 2.45) is 0 Å². The van der Waals surface area contributed by atoms with E-state index in [4.69, 9.17) is 4.42 Å². The van der Waals surface area contributed by atoms with Gasteiger partial charge in [0.05, 0.1) is 6.54 Å². The SMILES string of the molecule is CCCC(C)NS(=O)(=O)c1cc(CNC)oc1C. The molecular formula is C12H22N2O3S. The normalized spacial score (nSPS) is 13.8. The van der Waals surface area contributed by atoms with Crippen LogP contribution in [0.5, 0.6) is 0 Å². The van der Waals surface area contributed by atoms with Crippen molar-refractivity contribution in [1.29, 1.82) is 0 Å². The summed E-state index contributed by atoms with van der Waals surface area (Å²) in [5.74, 6) is 1.05. The molecule has 0 aliphatic heterocycles. The molecule has 104 valence electrons. The maximum Gasteiger partial charge on any atom is 0.244 e. The van der Waals surface area contributed by atoms with E-state index < -0.39 is 10.0 Å². The third kappa shape index (κ3) is 3.83. The van der Waals surface area contributed by atoms with Crippen LogP contribution < -0.4 is 10.0 Å². The zero-order valence-electron chi connectivity index (χ0n) is 11.4. The molecule has 1 aromatic rings. The molecule has 1 unspecified atom stereocenters. The average molecular weight is 274 g/mol. The van der Waals surface area contributed by atoms with Crippen LogP contribution in [0.15, 0.2) is 15.4 Å². The van der Waals surface area contributed by atoms with E-state index in [0.717, 1.165) is 12.8 Å². The fraction of sp³-hybridized carbons (Fsp3) is 0.667. The largest absolute Gasteiger partial charge is 0.464 e. The van der Waals surface area contributed by atoms with E-state index in [1.807, 2.05) is 13.8 Å². The average Bonchev–Trinajstić information content (AvgIpc) is 2.60. The van der Waals surface area contributed by atoms with Crippen molar-refractivity contribution in [1.82, 2.24) is 10.0 Å². The van der Waals surface area contributed by atoms with Crippen LogP contribution in [0.25, 0.3) is 0 Å². The van der Waals surface area contributed by atoms with Crippen molar-refractivity contribution in [3.8, 4) is 0 Å². The first-order valence-corrected chi connectivity index (χ1v) is 7.65. The number of aryl methyl sites for hydroxylation is 1. The summed E-state index contributed by atoms with van der Waals surface area (Å²) in [5.41, 5.74) is 0. The van der Waals surface area contributed by atoms with Crippen LogP contribution in [0.1, 0.15) is 38.2 Å². The Labute approximate surface area is 109 Å². The van der Waals surface area contributed by atoms with Gasteiger partial charge in [0.15, 0.2) is 0 Å². The molecule has 1 atom stereocenters. The highest BCUT2D eigenvalue weighted by atomic mass is 32.2.